The van der Waals surface area contributed by atoms with Crippen molar-refractivity contribution in [3.05, 3.63) is 10.1 Å². The highest BCUT2D eigenvalue weighted by Crippen LogP contribution is 2.43. The number of unbranched alkanes of at least 4 members (excludes halogenated alkanes) is 1. The van der Waals surface area contributed by atoms with Crippen molar-refractivity contribution >= 4 is 5.78 Å². The number of nitrogens with zero attached hydrogens (tertiary/aromatic N) is 1. The highest BCUT2D eigenvalue weighted by molar-refractivity contribution is 5.79. The highest BCUT2D eigenvalue weighted by atomic mass is 16.6. The van der Waals surface area contributed by atoms with E-state index < -0.39 is 17.1 Å². The second kappa shape index (κ2) is 5.34. The number of aliphatic hydroxyl groups is 1. The van der Waals surface area contributed by atoms with Crippen molar-refractivity contribution < 1.29 is 14.8 Å². The normalized spacial score (nSPS) is 36.3. The van der Waals surface area contributed by atoms with Crippen LogP contribution in [0.1, 0.15) is 59.3 Å². The molecule has 1 N–H and O–H groups in total. The zero-order chi connectivity index (χ0) is 14.0. The molecule has 0 aromatic carbocycles. The molecule has 1 rings (SSSR count). The summed E-state index contributed by atoms with van der Waals surface area (Å²) in [6, 6.07) is 0. The van der Waals surface area contributed by atoms with Gasteiger partial charge in [0.15, 0.2) is 0 Å². The summed E-state index contributed by atoms with van der Waals surface area (Å²) < 4.78 is 0. The Bertz CT molecular complexity index is 340. The molecule has 5 heteroatoms. The minimum absolute atomic E-state index is 0.151. The van der Waals surface area contributed by atoms with E-state index in [0.717, 1.165) is 12.8 Å². The van der Waals surface area contributed by atoms with E-state index >= 15 is 0 Å². The molecule has 0 aromatic rings. The first-order valence-electron chi connectivity index (χ1n) is 6.62. The molecule has 0 bridgehead atoms. The average Bonchev–Trinajstić information content (AvgIpc) is 2.27. The molecule has 0 heterocycles. The Labute approximate surface area is 108 Å². The quantitative estimate of drug-likeness (QED) is 0.605. The molecule has 1 aliphatic rings. The van der Waals surface area contributed by atoms with Crippen LogP contribution in [0.5, 0.6) is 0 Å². The van der Waals surface area contributed by atoms with Crippen molar-refractivity contribution in [2.45, 2.75) is 70.4 Å². The molecule has 0 aromatic heterocycles. The number of hydrogen-bond donors (Lipinski definition) is 1. The Morgan fingerprint density at radius 3 is 2.56 bits per heavy atom. The summed E-state index contributed by atoms with van der Waals surface area (Å²) >= 11 is 0. The molecule has 0 radical (unpaired) electrons. The zero-order valence-electron chi connectivity index (χ0n) is 11.4. The summed E-state index contributed by atoms with van der Waals surface area (Å²) in [6.07, 6.45) is 3.03. The minimum Gasteiger partial charge on any atom is -0.389 e. The molecular weight excluding hydrogens is 234 g/mol. The largest absolute Gasteiger partial charge is 0.389 e. The first-order valence-corrected chi connectivity index (χ1v) is 6.62. The number of nitro groups is 1. The second-order valence-electron chi connectivity index (χ2n) is 5.81. The van der Waals surface area contributed by atoms with Gasteiger partial charge in [-0.3, -0.25) is 14.9 Å². The zero-order valence-corrected chi connectivity index (χ0v) is 11.4. The fraction of sp³-hybridized carbons (Fsp3) is 0.923. The molecule has 1 saturated carbocycles. The minimum atomic E-state index is -1.10. The molecule has 104 valence electrons. The van der Waals surface area contributed by atoms with Crippen molar-refractivity contribution in [1.29, 1.82) is 0 Å². The monoisotopic (exact) mass is 257 g/mol. The van der Waals surface area contributed by atoms with Gasteiger partial charge in [-0.05, 0) is 26.7 Å². The molecule has 0 spiro atoms. The first kappa shape index (κ1) is 15.1. The lowest BCUT2D eigenvalue weighted by atomic mass is 9.65. The van der Waals surface area contributed by atoms with Crippen LogP contribution in [-0.4, -0.2) is 27.0 Å². The summed E-state index contributed by atoms with van der Waals surface area (Å²) in [6.45, 7) is 5.02. The third-order valence-corrected chi connectivity index (χ3v) is 4.30. The van der Waals surface area contributed by atoms with Gasteiger partial charge in [-0.2, -0.15) is 0 Å². The summed E-state index contributed by atoms with van der Waals surface area (Å²) in [5.74, 6) is -0.768. The van der Waals surface area contributed by atoms with E-state index in [2.05, 4.69) is 0 Å². The van der Waals surface area contributed by atoms with Gasteiger partial charge in [-0.1, -0.05) is 13.3 Å². The summed E-state index contributed by atoms with van der Waals surface area (Å²) in [5, 5.41) is 21.6. The molecule has 0 unspecified atom stereocenters. The van der Waals surface area contributed by atoms with Crippen LogP contribution < -0.4 is 0 Å². The van der Waals surface area contributed by atoms with E-state index in [0.29, 0.717) is 19.3 Å². The predicted molar refractivity (Wildman–Crippen MR) is 67.9 cm³/mol. The topological polar surface area (TPSA) is 80.4 Å². The smallest absolute Gasteiger partial charge is 0.223 e. The Morgan fingerprint density at radius 1 is 1.50 bits per heavy atom. The fourth-order valence-electron chi connectivity index (χ4n) is 2.93. The number of hydrogen-bond acceptors (Lipinski definition) is 4. The van der Waals surface area contributed by atoms with Gasteiger partial charge in [-0.15, -0.1) is 0 Å². The summed E-state index contributed by atoms with van der Waals surface area (Å²) in [7, 11) is 0. The first-order chi connectivity index (χ1) is 8.25. The molecule has 0 amide bonds. The van der Waals surface area contributed by atoms with Gasteiger partial charge in [0.2, 0.25) is 5.54 Å². The standard InChI is InChI=1S/C13H23NO4/c1-4-5-6-13(14(17)18)8-7-12(3,16)11(9-13)10(2)15/h11,16H,4-9H2,1-3H3/t11-,12-,13+/m1/s1. The summed E-state index contributed by atoms with van der Waals surface area (Å²) in [5.41, 5.74) is -2.12. The van der Waals surface area contributed by atoms with Crippen molar-refractivity contribution in [3.63, 3.8) is 0 Å². The van der Waals surface area contributed by atoms with Gasteiger partial charge < -0.3 is 5.11 Å². The maximum absolute atomic E-state index is 11.6. The van der Waals surface area contributed by atoms with Crippen molar-refractivity contribution in [3.8, 4) is 0 Å². The molecule has 1 aliphatic carbocycles. The van der Waals surface area contributed by atoms with E-state index in [1.807, 2.05) is 6.92 Å². The van der Waals surface area contributed by atoms with Crippen LogP contribution in [0.4, 0.5) is 0 Å². The third-order valence-electron chi connectivity index (χ3n) is 4.30. The number of rotatable bonds is 5. The number of ketones is 1. The van der Waals surface area contributed by atoms with Crippen LogP contribution in [-0.2, 0) is 4.79 Å². The van der Waals surface area contributed by atoms with Crippen LogP contribution in [0.3, 0.4) is 0 Å². The Morgan fingerprint density at radius 2 is 2.11 bits per heavy atom. The number of Topliss-reactive ketones (excluding diaryl/α,β-unsaturated/α-hetero) is 1. The molecule has 3 atom stereocenters. The molecule has 0 saturated heterocycles. The van der Waals surface area contributed by atoms with E-state index in [9.17, 15) is 20.0 Å². The molecule has 0 aliphatic heterocycles. The lowest BCUT2D eigenvalue weighted by molar-refractivity contribution is -0.579. The number of carbonyl (C=O) groups excluding carboxylic acids is 1. The molecule has 5 nitrogen and oxygen atoms in total. The second-order valence-corrected chi connectivity index (χ2v) is 5.81. The summed E-state index contributed by atoms with van der Waals surface area (Å²) in [4.78, 5) is 22.8. The SMILES string of the molecule is CCCC[C@]1([N+](=O)[O-])CC[C@@](C)(O)[C@@H](C(C)=O)C1. The van der Waals surface area contributed by atoms with Gasteiger partial charge in [-0.25, -0.2) is 0 Å². The van der Waals surface area contributed by atoms with Gasteiger partial charge in [0.1, 0.15) is 5.78 Å². The van der Waals surface area contributed by atoms with Crippen LogP contribution in [0.2, 0.25) is 0 Å². The van der Waals surface area contributed by atoms with E-state index in [-0.39, 0.29) is 17.1 Å². The molecule has 1 fully saturated rings. The van der Waals surface area contributed by atoms with Gasteiger partial charge >= 0.3 is 0 Å². The Kier molecular flexibility index (Phi) is 4.48. The van der Waals surface area contributed by atoms with Gasteiger partial charge in [0.05, 0.1) is 11.5 Å². The van der Waals surface area contributed by atoms with E-state index in [1.165, 1.54) is 6.92 Å². The lowest BCUT2D eigenvalue weighted by Gasteiger charge is -2.42. The predicted octanol–water partition coefficient (Wildman–Crippen LogP) is 2.33. The van der Waals surface area contributed by atoms with Gasteiger partial charge in [0.25, 0.3) is 0 Å². The van der Waals surface area contributed by atoms with Gasteiger partial charge in [0, 0.05) is 24.2 Å². The van der Waals surface area contributed by atoms with Crippen LogP contribution in [0, 0.1) is 16.0 Å². The van der Waals surface area contributed by atoms with Crippen molar-refractivity contribution in [2.75, 3.05) is 0 Å². The van der Waals surface area contributed by atoms with Crippen LogP contribution in [0.25, 0.3) is 0 Å². The molecular formula is C13H23NO4. The Hall–Kier alpha value is -0.970. The van der Waals surface area contributed by atoms with E-state index in [1.54, 1.807) is 6.92 Å². The highest BCUT2D eigenvalue weighted by Gasteiger charge is 2.54. The maximum atomic E-state index is 11.6. The lowest BCUT2D eigenvalue weighted by Crippen LogP contribution is -2.53. The maximum Gasteiger partial charge on any atom is 0.223 e. The Balaban J connectivity index is 2.95. The average molecular weight is 257 g/mol. The van der Waals surface area contributed by atoms with Crippen molar-refractivity contribution in [2.24, 2.45) is 5.92 Å². The molecule has 18 heavy (non-hydrogen) atoms. The van der Waals surface area contributed by atoms with Crippen molar-refractivity contribution in [1.82, 2.24) is 0 Å². The fourth-order valence-corrected chi connectivity index (χ4v) is 2.93. The van der Waals surface area contributed by atoms with Crippen LogP contribution >= 0.6 is 0 Å². The number of carbonyl (C=O) groups is 1. The third kappa shape index (κ3) is 2.88. The van der Waals surface area contributed by atoms with Crippen LogP contribution in [0.15, 0.2) is 0 Å². The van der Waals surface area contributed by atoms with E-state index in [4.69, 9.17) is 0 Å².